The van der Waals surface area contributed by atoms with E-state index in [2.05, 4.69) is 54.7 Å². The molecular formula is C26H29N2O3+. The fourth-order valence-electron chi connectivity index (χ4n) is 5.01. The molecule has 0 spiro atoms. The first-order chi connectivity index (χ1) is 15.2. The lowest BCUT2D eigenvalue weighted by atomic mass is 9.99. The van der Waals surface area contributed by atoms with Gasteiger partial charge in [-0.05, 0) is 41.5 Å². The summed E-state index contributed by atoms with van der Waals surface area (Å²) in [6.45, 7) is 4.75. The van der Waals surface area contributed by atoms with Crippen LogP contribution in [0, 0.1) is 0 Å². The molecule has 0 aliphatic carbocycles. The van der Waals surface area contributed by atoms with Crippen LogP contribution in [0.4, 0.5) is 0 Å². The lowest BCUT2D eigenvalue weighted by Crippen LogP contribution is -3.11. The molecule has 2 heterocycles. The maximum Gasteiger partial charge on any atom is 0.275 e. The Bertz CT molecular complexity index is 1090. The zero-order chi connectivity index (χ0) is 21.2. The topological polar surface area (TPSA) is 52.0 Å². The van der Waals surface area contributed by atoms with Gasteiger partial charge < -0.3 is 19.7 Å². The van der Waals surface area contributed by atoms with Gasteiger partial charge in [-0.2, -0.15) is 0 Å². The molecule has 5 rings (SSSR count). The van der Waals surface area contributed by atoms with Gasteiger partial charge in [0, 0.05) is 18.4 Å². The number of quaternary nitrogens is 1. The summed E-state index contributed by atoms with van der Waals surface area (Å²) in [6, 6.07) is 21.1. The van der Waals surface area contributed by atoms with E-state index < -0.39 is 0 Å². The summed E-state index contributed by atoms with van der Waals surface area (Å²) in [4.78, 5) is 14.3. The summed E-state index contributed by atoms with van der Waals surface area (Å²) in [5.74, 6) is 1.74. The monoisotopic (exact) mass is 417 g/mol. The molecule has 1 amide bonds. The highest BCUT2D eigenvalue weighted by atomic mass is 16.6. The SMILES string of the molecule is C[C@H](NC(=O)C[NH+]1CCC[C@@H]1c1ccc2c(c1)OCCO2)c1cccc2ccccc12. The summed E-state index contributed by atoms with van der Waals surface area (Å²) >= 11 is 0. The highest BCUT2D eigenvalue weighted by molar-refractivity contribution is 5.87. The number of benzene rings is 3. The van der Waals surface area contributed by atoms with E-state index in [-0.39, 0.29) is 11.9 Å². The molecule has 31 heavy (non-hydrogen) atoms. The van der Waals surface area contributed by atoms with E-state index in [0.29, 0.717) is 25.8 Å². The maximum atomic E-state index is 13.0. The van der Waals surface area contributed by atoms with Crippen molar-refractivity contribution in [3.05, 3.63) is 71.8 Å². The standard InChI is InChI=1S/C26H28N2O3/c1-18(21-9-4-7-19-6-2-3-8-22(19)21)27-26(29)17-28-13-5-10-23(28)20-11-12-24-25(16-20)31-15-14-30-24/h2-4,6-9,11-12,16,18,23H,5,10,13-15,17H2,1H3,(H,27,29)/p+1/t18-,23+/m0/s1. The zero-order valence-electron chi connectivity index (χ0n) is 17.9. The third-order valence-electron chi connectivity index (χ3n) is 6.51. The smallest absolute Gasteiger partial charge is 0.275 e. The van der Waals surface area contributed by atoms with E-state index in [4.69, 9.17) is 9.47 Å². The molecule has 3 atom stereocenters. The van der Waals surface area contributed by atoms with Crippen LogP contribution in [-0.4, -0.2) is 32.2 Å². The number of nitrogens with one attached hydrogen (secondary N) is 2. The molecule has 1 unspecified atom stereocenters. The summed E-state index contributed by atoms with van der Waals surface area (Å²) in [5.41, 5.74) is 2.39. The van der Waals surface area contributed by atoms with Gasteiger partial charge in [0.15, 0.2) is 18.0 Å². The number of hydrogen-bond donors (Lipinski definition) is 2. The third-order valence-corrected chi connectivity index (χ3v) is 6.51. The number of likely N-dealkylation sites (tertiary alicyclic amines) is 1. The van der Waals surface area contributed by atoms with Gasteiger partial charge >= 0.3 is 0 Å². The maximum absolute atomic E-state index is 13.0. The fourth-order valence-corrected chi connectivity index (χ4v) is 5.01. The van der Waals surface area contributed by atoms with Crippen LogP contribution in [0.2, 0.25) is 0 Å². The van der Waals surface area contributed by atoms with Crippen molar-refractivity contribution < 1.29 is 19.2 Å². The quantitative estimate of drug-likeness (QED) is 0.670. The zero-order valence-corrected chi connectivity index (χ0v) is 17.9. The lowest BCUT2D eigenvalue weighted by molar-refractivity contribution is -0.910. The lowest BCUT2D eigenvalue weighted by Gasteiger charge is -2.24. The van der Waals surface area contributed by atoms with Gasteiger partial charge in [0.25, 0.3) is 5.91 Å². The molecular weight excluding hydrogens is 388 g/mol. The van der Waals surface area contributed by atoms with Gasteiger partial charge in [0.1, 0.15) is 19.3 Å². The molecule has 2 N–H and O–H groups in total. The van der Waals surface area contributed by atoms with Crippen molar-refractivity contribution in [2.24, 2.45) is 0 Å². The minimum absolute atomic E-state index is 0.0339. The molecule has 2 aliphatic rings. The number of carbonyl (C=O) groups excluding carboxylic acids is 1. The average Bonchev–Trinajstić information content (AvgIpc) is 3.26. The minimum atomic E-state index is -0.0339. The second-order valence-electron chi connectivity index (χ2n) is 8.54. The Morgan fingerprint density at radius 1 is 1.06 bits per heavy atom. The first-order valence-corrected chi connectivity index (χ1v) is 11.2. The highest BCUT2D eigenvalue weighted by Gasteiger charge is 2.32. The van der Waals surface area contributed by atoms with Crippen LogP contribution < -0.4 is 19.7 Å². The van der Waals surface area contributed by atoms with Crippen LogP contribution in [0.5, 0.6) is 11.5 Å². The molecule has 2 aliphatic heterocycles. The Labute approximate surface area is 183 Å². The Morgan fingerprint density at radius 2 is 1.87 bits per heavy atom. The Balaban J connectivity index is 1.27. The Hall–Kier alpha value is -3.05. The van der Waals surface area contributed by atoms with Crippen molar-refractivity contribution in [3.63, 3.8) is 0 Å². The van der Waals surface area contributed by atoms with E-state index >= 15 is 0 Å². The van der Waals surface area contributed by atoms with Gasteiger partial charge in [-0.1, -0.05) is 42.5 Å². The summed E-state index contributed by atoms with van der Waals surface area (Å²) in [5, 5.41) is 5.63. The first kappa shape index (κ1) is 19.9. The second-order valence-corrected chi connectivity index (χ2v) is 8.54. The number of rotatable bonds is 5. The van der Waals surface area contributed by atoms with Gasteiger partial charge in [0.05, 0.1) is 12.6 Å². The van der Waals surface area contributed by atoms with E-state index in [1.54, 1.807) is 0 Å². The van der Waals surface area contributed by atoms with Gasteiger partial charge in [-0.15, -0.1) is 0 Å². The first-order valence-electron chi connectivity index (χ1n) is 11.2. The van der Waals surface area contributed by atoms with Crippen LogP contribution in [0.25, 0.3) is 10.8 Å². The molecule has 5 heteroatoms. The molecule has 1 fully saturated rings. The largest absolute Gasteiger partial charge is 0.486 e. The molecule has 0 saturated carbocycles. The van der Waals surface area contributed by atoms with Crippen molar-refractivity contribution in [3.8, 4) is 11.5 Å². The van der Waals surface area contributed by atoms with Crippen molar-refractivity contribution in [2.75, 3.05) is 26.3 Å². The van der Waals surface area contributed by atoms with Gasteiger partial charge in [-0.3, -0.25) is 4.79 Å². The Morgan fingerprint density at radius 3 is 2.77 bits per heavy atom. The van der Waals surface area contributed by atoms with Crippen molar-refractivity contribution >= 4 is 16.7 Å². The van der Waals surface area contributed by atoms with Gasteiger partial charge in [0.2, 0.25) is 0 Å². The van der Waals surface area contributed by atoms with Crippen molar-refractivity contribution in [1.82, 2.24) is 5.32 Å². The molecule has 3 aromatic carbocycles. The Kier molecular flexibility index (Phi) is 5.51. The van der Waals surface area contributed by atoms with Crippen molar-refractivity contribution in [1.29, 1.82) is 0 Å². The normalized spacial score (nSPS) is 21.1. The van der Waals surface area contributed by atoms with Crippen molar-refractivity contribution in [2.45, 2.75) is 31.8 Å². The molecule has 0 aromatic heterocycles. The number of amides is 1. The van der Waals surface area contributed by atoms with Gasteiger partial charge in [-0.25, -0.2) is 0 Å². The molecule has 3 aromatic rings. The average molecular weight is 418 g/mol. The molecule has 160 valence electrons. The fraction of sp³-hybridized carbons (Fsp3) is 0.346. The summed E-state index contributed by atoms with van der Waals surface area (Å²) in [6.07, 6.45) is 2.21. The number of carbonyl (C=O) groups is 1. The molecule has 5 nitrogen and oxygen atoms in total. The molecule has 0 bridgehead atoms. The van der Waals surface area contributed by atoms with E-state index in [1.165, 1.54) is 21.2 Å². The van der Waals surface area contributed by atoms with Crippen LogP contribution >= 0.6 is 0 Å². The second kappa shape index (κ2) is 8.60. The third kappa shape index (κ3) is 4.10. The van der Waals surface area contributed by atoms with E-state index in [1.807, 2.05) is 18.2 Å². The minimum Gasteiger partial charge on any atom is -0.486 e. The highest BCUT2D eigenvalue weighted by Crippen LogP contribution is 2.33. The van der Waals surface area contributed by atoms with E-state index in [9.17, 15) is 4.79 Å². The van der Waals surface area contributed by atoms with Crippen LogP contribution in [0.3, 0.4) is 0 Å². The van der Waals surface area contributed by atoms with Crippen LogP contribution in [-0.2, 0) is 4.79 Å². The number of ether oxygens (including phenoxy) is 2. The predicted octanol–water partition coefficient (Wildman–Crippen LogP) is 3.21. The van der Waals surface area contributed by atoms with Crippen LogP contribution in [0.15, 0.2) is 60.7 Å². The molecule has 1 saturated heterocycles. The number of hydrogen-bond acceptors (Lipinski definition) is 3. The predicted molar refractivity (Wildman–Crippen MR) is 121 cm³/mol. The number of fused-ring (bicyclic) bond motifs is 2. The summed E-state index contributed by atoms with van der Waals surface area (Å²) in [7, 11) is 0. The van der Waals surface area contributed by atoms with Crippen LogP contribution in [0.1, 0.15) is 43.0 Å². The molecule has 0 radical (unpaired) electrons. The van der Waals surface area contributed by atoms with E-state index in [0.717, 1.165) is 36.4 Å². The summed E-state index contributed by atoms with van der Waals surface area (Å²) < 4.78 is 11.4.